The highest BCUT2D eigenvalue weighted by Gasteiger charge is 2.02. The molecule has 1 N–H and O–H groups in total. The van der Waals surface area contributed by atoms with Crippen molar-refractivity contribution in [3.8, 4) is 5.75 Å². The number of esters is 1. The molecule has 0 bridgehead atoms. The molecule has 0 aromatic carbocycles. The minimum atomic E-state index is -0.344. The van der Waals surface area contributed by atoms with E-state index >= 15 is 0 Å². The minimum absolute atomic E-state index is 0.153. The van der Waals surface area contributed by atoms with Gasteiger partial charge >= 0.3 is 5.97 Å². The van der Waals surface area contributed by atoms with Crippen LogP contribution in [0.5, 0.6) is 5.75 Å². The average Bonchev–Trinajstić information content (AvgIpc) is 2.18. The second kappa shape index (κ2) is 5.79. The van der Waals surface area contributed by atoms with Crippen LogP contribution in [0.4, 0.5) is 0 Å². The summed E-state index contributed by atoms with van der Waals surface area (Å²) < 4.78 is 9.82. The Morgan fingerprint density at radius 3 is 3.07 bits per heavy atom. The van der Waals surface area contributed by atoms with Crippen LogP contribution in [0.25, 0.3) is 0 Å². The summed E-state index contributed by atoms with van der Waals surface area (Å²) >= 11 is 0. The maximum absolute atomic E-state index is 10.9. The van der Waals surface area contributed by atoms with E-state index < -0.39 is 0 Å². The van der Waals surface area contributed by atoms with Gasteiger partial charge in [-0.25, -0.2) is 5.10 Å². The average molecular weight is 212 g/mol. The lowest BCUT2D eigenvalue weighted by Gasteiger charge is -2.04. The quantitative estimate of drug-likeness (QED) is 0.700. The molecule has 0 fully saturated rings. The first-order chi connectivity index (χ1) is 7.22. The van der Waals surface area contributed by atoms with Crippen molar-refractivity contribution in [2.75, 3.05) is 13.2 Å². The summed E-state index contributed by atoms with van der Waals surface area (Å²) in [4.78, 5) is 21.7. The molecule has 82 valence electrons. The molecule has 6 heteroatoms. The minimum Gasteiger partial charge on any atom is -0.491 e. The van der Waals surface area contributed by atoms with Crippen LogP contribution in [0.3, 0.4) is 0 Å². The maximum Gasteiger partial charge on any atom is 0.309 e. The second-order valence-corrected chi connectivity index (χ2v) is 2.68. The second-order valence-electron chi connectivity index (χ2n) is 2.68. The fraction of sp³-hybridized carbons (Fsp3) is 0.444. The highest BCUT2D eigenvalue weighted by molar-refractivity contribution is 5.69. The van der Waals surface area contributed by atoms with E-state index in [2.05, 4.69) is 10.2 Å². The highest BCUT2D eigenvalue weighted by atomic mass is 16.5. The number of carbonyl (C=O) groups excluding carboxylic acids is 1. The maximum atomic E-state index is 10.9. The number of nitrogens with one attached hydrogen (secondary N) is 1. The molecule has 0 saturated carbocycles. The molecule has 6 nitrogen and oxygen atoms in total. The SMILES string of the molecule is CCOC(=O)CCOc1cn[nH]c(=O)c1. The molecule has 1 rings (SSSR count). The molecule has 1 aromatic heterocycles. The van der Waals surface area contributed by atoms with Crippen LogP contribution >= 0.6 is 0 Å². The van der Waals surface area contributed by atoms with Crippen molar-refractivity contribution in [1.29, 1.82) is 0 Å². The Morgan fingerprint density at radius 2 is 2.40 bits per heavy atom. The number of carbonyl (C=O) groups is 1. The topological polar surface area (TPSA) is 81.3 Å². The fourth-order valence-corrected chi connectivity index (χ4v) is 0.923. The van der Waals surface area contributed by atoms with Crippen LogP contribution in [0.15, 0.2) is 17.1 Å². The van der Waals surface area contributed by atoms with Gasteiger partial charge in [0, 0.05) is 6.07 Å². The van der Waals surface area contributed by atoms with Crippen LogP contribution in [0.2, 0.25) is 0 Å². The van der Waals surface area contributed by atoms with E-state index in [-0.39, 0.29) is 24.6 Å². The summed E-state index contributed by atoms with van der Waals surface area (Å²) in [5, 5.41) is 5.75. The molecule has 0 unspecified atom stereocenters. The summed E-state index contributed by atoms with van der Waals surface area (Å²) in [5.74, 6) is 0.0124. The Hall–Kier alpha value is -1.85. The molecule has 0 atom stereocenters. The van der Waals surface area contributed by atoms with Gasteiger partial charge in [-0.15, -0.1) is 0 Å². The number of nitrogens with zero attached hydrogens (tertiary/aromatic N) is 1. The van der Waals surface area contributed by atoms with Gasteiger partial charge in [0.2, 0.25) is 0 Å². The highest BCUT2D eigenvalue weighted by Crippen LogP contribution is 2.02. The summed E-state index contributed by atoms with van der Waals surface area (Å²) in [6.45, 7) is 2.26. The summed E-state index contributed by atoms with van der Waals surface area (Å²) in [5.41, 5.74) is -0.344. The number of H-pyrrole nitrogens is 1. The zero-order valence-electron chi connectivity index (χ0n) is 8.36. The van der Waals surface area contributed by atoms with Gasteiger partial charge in [-0.2, -0.15) is 5.10 Å². The van der Waals surface area contributed by atoms with Gasteiger partial charge < -0.3 is 9.47 Å². The van der Waals surface area contributed by atoms with Crippen molar-refractivity contribution < 1.29 is 14.3 Å². The summed E-state index contributed by atoms with van der Waals surface area (Å²) in [7, 11) is 0. The van der Waals surface area contributed by atoms with Crippen LogP contribution in [0, 0.1) is 0 Å². The Labute approximate surface area is 86.2 Å². The fourth-order valence-electron chi connectivity index (χ4n) is 0.923. The molecule has 0 spiro atoms. The summed E-state index contributed by atoms with van der Waals surface area (Å²) in [6, 6.07) is 1.26. The Bertz CT molecular complexity index is 374. The molecule has 0 amide bonds. The smallest absolute Gasteiger partial charge is 0.309 e. The van der Waals surface area contributed by atoms with Gasteiger partial charge in [0.05, 0.1) is 25.8 Å². The third kappa shape index (κ3) is 4.26. The molecule has 1 aromatic rings. The van der Waals surface area contributed by atoms with Crippen molar-refractivity contribution in [2.45, 2.75) is 13.3 Å². The molecule has 15 heavy (non-hydrogen) atoms. The zero-order chi connectivity index (χ0) is 11.1. The third-order valence-corrected chi connectivity index (χ3v) is 1.52. The Morgan fingerprint density at radius 1 is 1.60 bits per heavy atom. The van der Waals surface area contributed by atoms with Gasteiger partial charge in [0.25, 0.3) is 5.56 Å². The molecule has 0 aliphatic heterocycles. The van der Waals surface area contributed by atoms with Crippen molar-refractivity contribution in [3.63, 3.8) is 0 Å². The van der Waals surface area contributed by atoms with E-state index in [1.165, 1.54) is 12.3 Å². The van der Waals surface area contributed by atoms with Gasteiger partial charge in [-0.05, 0) is 6.92 Å². The van der Waals surface area contributed by atoms with Gasteiger partial charge in [0.15, 0.2) is 0 Å². The third-order valence-electron chi connectivity index (χ3n) is 1.52. The van der Waals surface area contributed by atoms with Crippen molar-refractivity contribution >= 4 is 5.97 Å². The molecular formula is C9H12N2O4. The van der Waals surface area contributed by atoms with Gasteiger partial charge in [-0.1, -0.05) is 0 Å². The van der Waals surface area contributed by atoms with Crippen LogP contribution in [0.1, 0.15) is 13.3 Å². The predicted molar refractivity (Wildman–Crippen MR) is 51.6 cm³/mol. The Balaban J connectivity index is 2.32. The van der Waals surface area contributed by atoms with Crippen LogP contribution < -0.4 is 10.3 Å². The van der Waals surface area contributed by atoms with E-state index in [1.54, 1.807) is 6.92 Å². The summed E-state index contributed by atoms with van der Waals surface area (Å²) in [6.07, 6.45) is 1.52. The number of rotatable bonds is 5. The molecule has 0 saturated heterocycles. The molecule has 1 heterocycles. The van der Waals surface area contributed by atoms with Crippen molar-refractivity contribution in [1.82, 2.24) is 10.2 Å². The van der Waals surface area contributed by atoms with E-state index in [4.69, 9.17) is 9.47 Å². The number of aromatic nitrogens is 2. The first-order valence-electron chi connectivity index (χ1n) is 4.55. The van der Waals surface area contributed by atoms with E-state index in [9.17, 15) is 9.59 Å². The van der Waals surface area contributed by atoms with Crippen molar-refractivity contribution in [2.24, 2.45) is 0 Å². The lowest BCUT2D eigenvalue weighted by atomic mass is 10.4. The lowest BCUT2D eigenvalue weighted by Crippen LogP contribution is -2.11. The van der Waals surface area contributed by atoms with Gasteiger partial charge in [0.1, 0.15) is 5.75 Å². The van der Waals surface area contributed by atoms with E-state index in [0.717, 1.165) is 0 Å². The zero-order valence-corrected chi connectivity index (χ0v) is 8.36. The molecule has 0 radical (unpaired) electrons. The Kier molecular flexibility index (Phi) is 4.33. The number of ether oxygens (including phenoxy) is 2. The molecular weight excluding hydrogens is 200 g/mol. The standard InChI is InChI=1S/C9H12N2O4/c1-2-14-9(13)3-4-15-7-5-8(12)11-10-6-7/h5-6H,2-4H2,1H3,(H,11,12). The first-order valence-corrected chi connectivity index (χ1v) is 4.55. The largest absolute Gasteiger partial charge is 0.491 e. The molecule has 0 aliphatic carbocycles. The number of aromatic amines is 1. The van der Waals surface area contributed by atoms with Crippen molar-refractivity contribution in [3.05, 3.63) is 22.6 Å². The first kappa shape index (κ1) is 11.2. The lowest BCUT2D eigenvalue weighted by molar-refractivity contribution is -0.143. The number of hydrogen-bond donors (Lipinski definition) is 1. The normalized spacial score (nSPS) is 9.67. The van der Waals surface area contributed by atoms with E-state index in [1.807, 2.05) is 0 Å². The number of hydrogen-bond acceptors (Lipinski definition) is 5. The van der Waals surface area contributed by atoms with E-state index in [0.29, 0.717) is 12.4 Å². The van der Waals surface area contributed by atoms with Crippen LogP contribution in [-0.2, 0) is 9.53 Å². The predicted octanol–water partition coefficient (Wildman–Crippen LogP) is 0.102. The van der Waals surface area contributed by atoms with Gasteiger partial charge in [-0.3, -0.25) is 9.59 Å². The molecule has 0 aliphatic rings. The monoisotopic (exact) mass is 212 g/mol. The van der Waals surface area contributed by atoms with Crippen LogP contribution in [-0.4, -0.2) is 29.4 Å².